The number of nitrogens with one attached hydrogen (secondary N) is 2. The molecule has 0 bridgehead atoms. The molecule has 0 radical (unpaired) electrons. The first-order valence-electron chi connectivity index (χ1n) is 9.44. The van der Waals surface area contributed by atoms with Gasteiger partial charge in [0.1, 0.15) is 5.82 Å². The van der Waals surface area contributed by atoms with Gasteiger partial charge in [0, 0.05) is 50.2 Å². The molecule has 2 amide bonds. The molecule has 0 aliphatic carbocycles. The minimum absolute atomic E-state index is 0.0508. The second-order valence-electron chi connectivity index (χ2n) is 6.92. The van der Waals surface area contributed by atoms with E-state index in [2.05, 4.69) is 39.3 Å². The Morgan fingerprint density at radius 3 is 2.44 bits per heavy atom. The number of piperazine rings is 1. The van der Waals surface area contributed by atoms with Crippen LogP contribution in [0.5, 0.6) is 0 Å². The Labute approximate surface area is 160 Å². The van der Waals surface area contributed by atoms with Crippen molar-refractivity contribution >= 4 is 23.5 Å². The lowest BCUT2D eigenvalue weighted by Crippen LogP contribution is -2.50. The van der Waals surface area contributed by atoms with Crippen molar-refractivity contribution in [1.82, 2.24) is 14.9 Å². The highest BCUT2D eigenvalue weighted by molar-refractivity contribution is 5.89. The van der Waals surface area contributed by atoms with Gasteiger partial charge in [0.25, 0.3) is 0 Å². The normalized spacial score (nSPS) is 14.2. The predicted octanol–water partition coefficient (Wildman–Crippen LogP) is 3.19. The van der Waals surface area contributed by atoms with Gasteiger partial charge in [0.05, 0.1) is 0 Å². The van der Waals surface area contributed by atoms with Gasteiger partial charge in [-0.1, -0.05) is 6.07 Å². The zero-order valence-electron chi connectivity index (χ0n) is 16.5. The van der Waals surface area contributed by atoms with Gasteiger partial charge in [0.15, 0.2) is 0 Å². The van der Waals surface area contributed by atoms with Crippen molar-refractivity contribution in [1.29, 1.82) is 0 Å². The van der Waals surface area contributed by atoms with Gasteiger partial charge in [-0.25, -0.2) is 9.78 Å². The number of carbonyl (C=O) groups excluding carboxylic acids is 1. The minimum atomic E-state index is -0.0508. The summed E-state index contributed by atoms with van der Waals surface area (Å²) in [4.78, 5) is 25.6. The third-order valence-corrected chi connectivity index (χ3v) is 4.82. The maximum absolute atomic E-state index is 12.6. The molecule has 2 aromatic rings. The highest BCUT2D eigenvalue weighted by atomic mass is 16.2. The second-order valence-corrected chi connectivity index (χ2v) is 6.92. The van der Waals surface area contributed by atoms with Crippen LogP contribution >= 0.6 is 0 Å². The number of rotatable bonds is 4. The van der Waals surface area contributed by atoms with Crippen molar-refractivity contribution in [3.8, 4) is 0 Å². The average Bonchev–Trinajstić information content (AvgIpc) is 2.65. The van der Waals surface area contributed by atoms with Crippen LogP contribution in [-0.4, -0.2) is 53.6 Å². The number of carbonyl (C=O) groups is 1. The summed E-state index contributed by atoms with van der Waals surface area (Å²) in [5, 5.41) is 6.17. The zero-order chi connectivity index (χ0) is 19.4. The molecule has 2 N–H and O–H groups in total. The summed E-state index contributed by atoms with van der Waals surface area (Å²) < 4.78 is 0. The number of aryl methyl sites for hydroxylation is 3. The fourth-order valence-electron chi connectivity index (χ4n) is 3.11. The van der Waals surface area contributed by atoms with Crippen molar-refractivity contribution in [3.63, 3.8) is 0 Å². The molecule has 7 heteroatoms. The summed E-state index contributed by atoms with van der Waals surface area (Å²) in [6.07, 6.45) is 0. The number of amides is 2. The van der Waals surface area contributed by atoms with E-state index in [1.807, 2.05) is 43.0 Å². The molecule has 0 unspecified atom stereocenters. The Hall–Kier alpha value is -2.83. The molecule has 0 spiro atoms. The van der Waals surface area contributed by atoms with Crippen LogP contribution in [0.1, 0.15) is 23.7 Å². The number of aromatic nitrogens is 2. The van der Waals surface area contributed by atoms with Crippen LogP contribution in [0.3, 0.4) is 0 Å². The third-order valence-electron chi connectivity index (χ3n) is 4.82. The summed E-state index contributed by atoms with van der Waals surface area (Å²) in [5.74, 6) is 1.56. The van der Waals surface area contributed by atoms with E-state index in [1.54, 1.807) is 0 Å². The highest BCUT2D eigenvalue weighted by Gasteiger charge is 2.22. The Morgan fingerprint density at radius 2 is 1.78 bits per heavy atom. The van der Waals surface area contributed by atoms with Crippen molar-refractivity contribution in [2.75, 3.05) is 48.3 Å². The molecule has 1 aromatic carbocycles. The third kappa shape index (κ3) is 4.67. The molecule has 0 atom stereocenters. The van der Waals surface area contributed by atoms with Crippen LogP contribution in [0.25, 0.3) is 0 Å². The zero-order valence-corrected chi connectivity index (χ0v) is 16.5. The van der Waals surface area contributed by atoms with E-state index in [-0.39, 0.29) is 6.03 Å². The lowest BCUT2D eigenvalue weighted by atomic mass is 10.1. The standard InChI is InChI=1S/C20H28N6O/c1-5-21-19-22-16(4)13-18(24-19)25-8-10-26(11-9-25)20(27)23-17-7-6-14(2)15(3)12-17/h6-7,12-13H,5,8-11H2,1-4H3,(H,23,27)(H,21,22,24). The van der Waals surface area contributed by atoms with Gasteiger partial charge in [-0.2, -0.15) is 4.98 Å². The maximum atomic E-state index is 12.6. The molecule has 3 rings (SSSR count). The lowest BCUT2D eigenvalue weighted by molar-refractivity contribution is 0.208. The largest absolute Gasteiger partial charge is 0.354 e. The summed E-state index contributed by atoms with van der Waals surface area (Å²) in [7, 11) is 0. The van der Waals surface area contributed by atoms with Crippen LogP contribution in [-0.2, 0) is 0 Å². The lowest BCUT2D eigenvalue weighted by Gasteiger charge is -2.35. The van der Waals surface area contributed by atoms with E-state index in [4.69, 9.17) is 0 Å². The number of urea groups is 1. The van der Waals surface area contributed by atoms with Gasteiger partial charge in [-0.05, 0) is 51.0 Å². The Bertz CT molecular complexity index is 814. The number of benzene rings is 1. The van der Waals surface area contributed by atoms with Crippen LogP contribution < -0.4 is 15.5 Å². The predicted molar refractivity (Wildman–Crippen MR) is 110 cm³/mol. The molecule has 2 heterocycles. The maximum Gasteiger partial charge on any atom is 0.321 e. The number of anilines is 3. The van der Waals surface area contributed by atoms with Gasteiger partial charge < -0.3 is 20.4 Å². The molecule has 1 aliphatic heterocycles. The van der Waals surface area contributed by atoms with E-state index >= 15 is 0 Å². The monoisotopic (exact) mass is 368 g/mol. The Balaban J connectivity index is 1.59. The summed E-state index contributed by atoms with van der Waals surface area (Å²) in [5.41, 5.74) is 4.17. The molecule has 1 saturated heterocycles. The number of hydrogen-bond donors (Lipinski definition) is 2. The summed E-state index contributed by atoms with van der Waals surface area (Å²) in [6, 6.07) is 7.93. The van der Waals surface area contributed by atoms with Gasteiger partial charge in [-0.3, -0.25) is 0 Å². The molecule has 1 fully saturated rings. The molecule has 0 saturated carbocycles. The fraction of sp³-hybridized carbons (Fsp3) is 0.450. The minimum Gasteiger partial charge on any atom is -0.354 e. The molecule has 1 aliphatic rings. The topological polar surface area (TPSA) is 73.4 Å². The van der Waals surface area contributed by atoms with Crippen molar-refractivity contribution in [3.05, 3.63) is 41.1 Å². The van der Waals surface area contributed by atoms with E-state index in [9.17, 15) is 4.79 Å². The first-order valence-corrected chi connectivity index (χ1v) is 9.44. The van der Waals surface area contributed by atoms with E-state index < -0.39 is 0 Å². The molecule has 7 nitrogen and oxygen atoms in total. The van der Waals surface area contributed by atoms with Gasteiger partial charge >= 0.3 is 6.03 Å². The smallest absolute Gasteiger partial charge is 0.321 e. The van der Waals surface area contributed by atoms with Crippen LogP contribution in [0, 0.1) is 20.8 Å². The summed E-state index contributed by atoms with van der Waals surface area (Å²) >= 11 is 0. The highest BCUT2D eigenvalue weighted by Crippen LogP contribution is 2.18. The van der Waals surface area contributed by atoms with Crippen LogP contribution in [0.2, 0.25) is 0 Å². The first kappa shape index (κ1) is 18.9. The van der Waals surface area contributed by atoms with Crippen molar-refractivity contribution < 1.29 is 4.79 Å². The molecule has 1 aromatic heterocycles. The summed E-state index contributed by atoms with van der Waals surface area (Å²) in [6.45, 7) is 11.7. The molecule has 144 valence electrons. The van der Waals surface area contributed by atoms with Crippen LogP contribution in [0.4, 0.5) is 22.2 Å². The van der Waals surface area contributed by atoms with Gasteiger partial charge in [0.2, 0.25) is 5.95 Å². The second kappa shape index (κ2) is 8.24. The van der Waals surface area contributed by atoms with E-state index in [1.165, 1.54) is 11.1 Å². The number of nitrogens with zero attached hydrogens (tertiary/aromatic N) is 4. The average molecular weight is 368 g/mol. The first-order chi connectivity index (χ1) is 13.0. The SMILES string of the molecule is CCNc1nc(C)cc(N2CCN(C(=O)Nc3ccc(C)c(C)c3)CC2)n1. The molecule has 27 heavy (non-hydrogen) atoms. The van der Waals surface area contributed by atoms with E-state index in [0.717, 1.165) is 36.8 Å². The number of hydrogen-bond acceptors (Lipinski definition) is 5. The Kier molecular flexibility index (Phi) is 5.78. The van der Waals surface area contributed by atoms with E-state index in [0.29, 0.717) is 19.0 Å². The van der Waals surface area contributed by atoms with Crippen LogP contribution in [0.15, 0.2) is 24.3 Å². The fourth-order valence-corrected chi connectivity index (χ4v) is 3.11. The van der Waals surface area contributed by atoms with Gasteiger partial charge in [-0.15, -0.1) is 0 Å². The molecular formula is C20H28N6O. The van der Waals surface area contributed by atoms with Crippen molar-refractivity contribution in [2.45, 2.75) is 27.7 Å². The molecular weight excluding hydrogens is 340 g/mol. The quantitative estimate of drug-likeness (QED) is 0.867. The van der Waals surface area contributed by atoms with Crippen molar-refractivity contribution in [2.24, 2.45) is 0 Å². The Morgan fingerprint density at radius 1 is 1.04 bits per heavy atom.